The van der Waals surface area contributed by atoms with Crippen LogP contribution in [-0.4, -0.2) is 40.2 Å². The lowest BCUT2D eigenvalue weighted by atomic mass is 10.1. The summed E-state index contributed by atoms with van der Waals surface area (Å²) in [7, 11) is 1.62. The van der Waals surface area contributed by atoms with Gasteiger partial charge in [0.1, 0.15) is 5.75 Å². The second kappa shape index (κ2) is 5.76. The SMILES string of the molecule is COc1cccc(CCNC(=O)c2nn[nH]n2)c1. The van der Waals surface area contributed by atoms with Gasteiger partial charge in [-0.3, -0.25) is 4.79 Å². The monoisotopic (exact) mass is 247 g/mol. The lowest BCUT2D eigenvalue weighted by Gasteiger charge is -2.05. The van der Waals surface area contributed by atoms with Crippen molar-refractivity contribution in [3.05, 3.63) is 35.7 Å². The lowest BCUT2D eigenvalue weighted by Crippen LogP contribution is -2.26. The Morgan fingerprint density at radius 2 is 2.39 bits per heavy atom. The van der Waals surface area contributed by atoms with Crippen LogP contribution in [0.25, 0.3) is 0 Å². The average Bonchev–Trinajstić information content (AvgIpc) is 2.93. The van der Waals surface area contributed by atoms with Crippen LogP contribution >= 0.6 is 0 Å². The third-order valence-corrected chi connectivity index (χ3v) is 2.38. The maximum absolute atomic E-state index is 11.5. The van der Waals surface area contributed by atoms with E-state index in [0.29, 0.717) is 13.0 Å². The van der Waals surface area contributed by atoms with Crippen LogP contribution in [0.1, 0.15) is 16.2 Å². The summed E-state index contributed by atoms with van der Waals surface area (Å²) in [6, 6.07) is 7.69. The Morgan fingerprint density at radius 1 is 1.50 bits per heavy atom. The molecule has 0 radical (unpaired) electrons. The summed E-state index contributed by atoms with van der Waals surface area (Å²) in [5.41, 5.74) is 1.09. The molecule has 1 heterocycles. The summed E-state index contributed by atoms with van der Waals surface area (Å²) in [6.07, 6.45) is 0.709. The summed E-state index contributed by atoms with van der Waals surface area (Å²) < 4.78 is 5.12. The number of aromatic nitrogens is 4. The molecule has 0 unspecified atom stereocenters. The number of carbonyl (C=O) groups excluding carboxylic acids is 1. The van der Waals surface area contributed by atoms with Gasteiger partial charge in [-0.15, -0.1) is 10.2 Å². The number of nitrogens with zero attached hydrogens (tertiary/aromatic N) is 3. The zero-order valence-corrected chi connectivity index (χ0v) is 9.88. The molecule has 2 rings (SSSR count). The number of amides is 1. The van der Waals surface area contributed by atoms with E-state index in [0.717, 1.165) is 11.3 Å². The highest BCUT2D eigenvalue weighted by molar-refractivity contribution is 5.89. The van der Waals surface area contributed by atoms with Crippen molar-refractivity contribution in [3.63, 3.8) is 0 Å². The molecule has 94 valence electrons. The molecule has 2 N–H and O–H groups in total. The molecule has 0 saturated carbocycles. The van der Waals surface area contributed by atoms with E-state index in [9.17, 15) is 4.79 Å². The average molecular weight is 247 g/mol. The van der Waals surface area contributed by atoms with Gasteiger partial charge in [0.2, 0.25) is 0 Å². The molecule has 0 spiro atoms. The highest BCUT2D eigenvalue weighted by atomic mass is 16.5. The first kappa shape index (κ1) is 12.0. The van der Waals surface area contributed by atoms with Gasteiger partial charge in [-0.25, -0.2) is 0 Å². The lowest BCUT2D eigenvalue weighted by molar-refractivity contribution is 0.0944. The molecule has 0 aliphatic rings. The summed E-state index contributed by atoms with van der Waals surface area (Å²) in [5, 5.41) is 15.4. The van der Waals surface area contributed by atoms with Gasteiger partial charge in [0.25, 0.3) is 11.7 Å². The number of hydrogen-bond acceptors (Lipinski definition) is 5. The Morgan fingerprint density at radius 3 is 3.11 bits per heavy atom. The molecule has 7 nitrogen and oxygen atoms in total. The van der Waals surface area contributed by atoms with Crippen molar-refractivity contribution in [3.8, 4) is 5.75 Å². The van der Waals surface area contributed by atoms with E-state index in [-0.39, 0.29) is 11.7 Å². The molecule has 1 aromatic heterocycles. The van der Waals surface area contributed by atoms with E-state index < -0.39 is 0 Å². The van der Waals surface area contributed by atoms with Crippen LogP contribution in [0.15, 0.2) is 24.3 Å². The van der Waals surface area contributed by atoms with E-state index >= 15 is 0 Å². The fraction of sp³-hybridized carbons (Fsp3) is 0.273. The molecule has 18 heavy (non-hydrogen) atoms. The van der Waals surface area contributed by atoms with Gasteiger partial charge in [-0.1, -0.05) is 12.1 Å². The van der Waals surface area contributed by atoms with Gasteiger partial charge in [0, 0.05) is 6.54 Å². The number of nitrogens with one attached hydrogen (secondary N) is 2. The van der Waals surface area contributed by atoms with Crippen molar-refractivity contribution >= 4 is 5.91 Å². The van der Waals surface area contributed by atoms with Crippen molar-refractivity contribution in [2.75, 3.05) is 13.7 Å². The molecule has 2 aromatic rings. The first-order chi connectivity index (χ1) is 8.79. The van der Waals surface area contributed by atoms with Crippen LogP contribution in [0.3, 0.4) is 0 Å². The summed E-state index contributed by atoms with van der Waals surface area (Å²) >= 11 is 0. The molecule has 0 atom stereocenters. The maximum Gasteiger partial charge on any atom is 0.292 e. The first-order valence-corrected chi connectivity index (χ1v) is 5.44. The van der Waals surface area contributed by atoms with Crippen LogP contribution in [0.2, 0.25) is 0 Å². The first-order valence-electron chi connectivity index (χ1n) is 5.44. The minimum atomic E-state index is -0.341. The topological polar surface area (TPSA) is 92.8 Å². The van der Waals surface area contributed by atoms with E-state index in [1.807, 2.05) is 24.3 Å². The van der Waals surface area contributed by atoms with E-state index in [1.54, 1.807) is 7.11 Å². The number of benzene rings is 1. The van der Waals surface area contributed by atoms with Crippen molar-refractivity contribution in [2.45, 2.75) is 6.42 Å². The Balaban J connectivity index is 1.83. The molecule has 0 aliphatic heterocycles. The molecule has 0 bridgehead atoms. The zero-order chi connectivity index (χ0) is 12.8. The highest BCUT2D eigenvalue weighted by Crippen LogP contribution is 2.12. The van der Waals surface area contributed by atoms with Crippen molar-refractivity contribution in [2.24, 2.45) is 0 Å². The third-order valence-electron chi connectivity index (χ3n) is 2.38. The van der Waals surface area contributed by atoms with E-state index in [2.05, 4.69) is 25.9 Å². The largest absolute Gasteiger partial charge is 0.497 e. The molecule has 0 aliphatic carbocycles. The predicted molar refractivity (Wildman–Crippen MR) is 63.2 cm³/mol. The molecule has 1 amide bonds. The standard InChI is InChI=1S/C11H13N5O2/c1-18-9-4-2-3-8(7-9)5-6-12-11(17)10-13-15-16-14-10/h2-4,7H,5-6H2,1H3,(H,12,17)(H,13,14,15,16). The smallest absolute Gasteiger partial charge is 0.292 e. The van der Waals surface area contributed by atoms with Gasteiger partial charge >= 0.3 is 0 Å². The minimum Gasteiger partial charge on any atom is -0.497 e. The minimum absolute atomic E-state index is 0.0423. The Hall–Kier alpha value is -2.44. The van der Waals surface area contributed by atoms with Gasteiger partial charge < -0.3 is 10.1 Å². The number of tetrazole rings is 1. The summed E-state index contributed by atoms with van der Waals surface area (Å²) in [6.45, 7) is 0.501. The fourth-order valence-electron chi connectivity index (χ4n) is 1.49. The fourth-order valence-corrected chi connectivity index (χ4v) is 1.49. The quantitative estimate of drug-likeness (QED) is 0.786. The molecule has 0 saturated heterocycles. The van der Waals surface area contributed by atoms with Crippen LogP contribution in [0, 0.1) is 0 Å². The molecule has 7 heteroatoms. The zero-order valence-electron chi connectivity index (χ0n) is 9.88. The van der Waals surface area contributed by atoms with Crippen molar-refractivity contribution < 1.29 is 9.53 Å². The van der Waals surface area contributed by atoms with Gasteiger partial charge in [-0.2, -0.15) is 5.21 Å². The predicted octanol–water partition coefficient (Wildman–Crippen LogP) is 0.181. The Kier molecular flexibility index (Phi) is 3.85. The number of H-pyrrole nitrogens is 1. The second-order valence-corrected chi connectivity index (χ2v) is 3.59. The number of rotatable bonds is 5. The number of hydrogen-bond donors (Lipinski definition) is 2. The summed E-state index contributed by atoms with van der Waals surface area (Å²) in [4.78, 5) is 11.5. The van der Waals surface area contributed by atoms with E-state index in [1.165, 1.54) is 0 Å². The van der Waals surface area contributed by atoms with Gasteiger partial charge in [0.05, 0.1) is 7.11 Å². The number of aromatic amines is 1. The summed E-state index contributed by atoms with van der Waals surface area (Å²) in [5.74, 6) is 0.504. The van der Waals surface area contributed by atoms with Crippen LogP contribution < -0.4 is 10.1 Å². The molecular formula is C11H13N5O2. The number of methoxy groups -OCH3 is 1. The number of carbonyl (C=O) groups is 1. The van der Waals surface area contributed by atoms with Crippen LogP contribution in [0.4, 0.5) is 0 Å². The highest BCUT2D eigenvalue weighted by Gasteiger charge is 2.09. The maximum atomic E-state index is 11.5. The normalized spacial score (nSPS) is 10.1. The second-order valence-electron chi connectivity index (χ2n) is 3.59. The Bertz CT molecular complexity index is 512. The Labute approximate surface area is 104 Å². The van der Waals surface area contributed by atoms with Gasteiger partial charge in [-0.05, 0) is 29.3 Å². The third kappa shape index (κ3) is 3.03. The van der Waals surface area contributed by atoms with E-state index in [4.69, 9.17) is 4.74 Å². The number of ether oxygens (including phenoxy) is 1. The van der Waals surface area contributed by atoms with Crippen LogP contribution in [0.5, 0.6) is 5.75 Å². The van der Waals surface area contributed by atoms with Crippen molar-refractivity contribution in [1.29, 1.82) is 0 Å². The molecular weight excluding hydrogens is 234 g/mol. The molecule has 0 fully saturated rings. The van der Waals surface area contributed by atoms with Crippen LogP contribution in [-0.2, 0) is 6.42 Å². The van der Waals surface area contributed by atoms with Crippen molar-refractivity contribution in [1.82, 2.24) is 25.9 Å². The molecule has 1 aromatic carbocycles. The van der Waals surface area contributed by atoms with Gasteiger partial charge in [0.15, 0.2) is 0 Å².